The molecule has 4 aliphatic rings. The molecule has 2 aliphatic carbocycles. The Morgan fingerprint density at radius 3 is 2.12 bits per heavy atom. The lowest BCUT2D eigenvalue weighted by atomic mass is 9.49. The Labute approximate surface area is 331 Å². The van der Waals surface area contributed by atoms with Crippen molar-refractivity contribution in [2.24, 2.45) is 23.7 Å². The molecule has 4 aromatic carbocycles. The molecule has 1 saturated carbocycles. The highest BCUT2D eigenvalue weighted by molar-refractivity contribution is 6.23. The highest BCUT2D eigenvalue weighted by atomic mass is 16.6. The number of hydrazine groups is 1. The summed E-state index contributed by atoms with van der Waals surface area (Å²) in [5.74, 6) is -7.88. The maximum atomic E-state index is 15.4. The number of rotatable bonds is 9. The molecule has 0 radical (unpaired) electrons. The standard InChI is InChI=1S/C42H38N6O10/c1-22-13-15-24(16-14-22)43-46-39(51)29-21-28-26(36(35-32(49)11-8-12-33(35)58-4)42(29,41(46)53)23-9-6-5-7-10-23)17-18-27-34(28)40(52)45(38(27)50)25-19-30(47(54)55)37(44(2)3)31(20-25)48(56)57/h5-17,19-20,27-29,34,36,43,49H,18,21H2,1-4H3. The summed E-state index contributed by atoms with van der Waals surface area (Å²) < 4.78 is 5.82. The Morgan fingerprint density at radius 1 is 0.862 bits per heavy atom. The summed E-state index contributed by atoms with van der Waals surface area (Å²) in [5.41, 5.74) is 2.02. The van der Waals surface area contributed by atoms with E-state index in [0.29, 0.717) is 16.8 Å². The van der Waals surface area contributed by atoms with Gasteiger partial charge in [-0.15, -0.1) is 0 Å². The number of carbonyl (C=O) groups excluding carboxylic acids is 4. The number of phenolic OH excluding ortho intramolecular Hbond substituents is 1. The van der Waals surface area contributed by atoms with Crippen LogP contribution in [0.15, 0.2) is 96.6 Å². The molecule has 3 fully saturated rings. The van der Waals surface area contributed by atoms with E-state index in [1.165, 1.54) is 32.2 Å². The molecular formula is C42H38N6O10. The average Bonchev–Trinajstić information content (AvgIpc) is 3.59. The quantitative estimate of drug-likeness (QED) is 0.0897. The van der Waals surface area contributed by atoms with E-state index in [9.17, 15) is 39.7 Å². The van der Waals surface area contributed by atoms with E-state index in [2.05, 4.69) is 5.43 Å². The monoisotopic (exact) mass is 786 g/mol. The van der Waals surface area contributed by atoms with Crippen molar-refractivity contribution >= 4 is 52.1 Å². The number of phenols is 1. The summed E-state index contributed by atoms with van der Waals surface area (Å²) >= 11 is 0. The fourth-order valence-corrected chi connectivity index (χ4v) is 9.77. The third kappa shape index (κ3) is 5.42. The number of nitrogens with one attached hydrogen (secondary N) is 1. The first-order valence-electron chi connectivity index (χ1n) is 18.6. The van der Waals surface area contributed by atoms with Crippen LogP contribution >= 0.6 is 0 Å². The van der Waals surface area contributed by atoms with Crippen molar-refractivity contribution in [2.75, 3.05) is 36.4 Å². The van der Waals surface area contributed by atoms with Crippen LogP contribution in [-0.4, -0.2) is 64.8 Å². The van der Waals surface area contributed by atoms with Gasteiger partial charge in [0.15, 0.2) is 5.69 Å². The molecule has 0 bridgehead atoms. The van der Waals surface area contributed by atoms with Gasteiger partial charge in [0.05, 0.1) is 51.5 Å². The number of fused-ring (bicyclic) bond motifs is 4. The highest BCUT2D eigenvalue weighted by Gasteiger charge is 2.71. The summed E-state index contributed by atoms with van der Waals surface area (Å²) in [5, 5.41) is 37.2. The van der Waals surface area contributed by atoms with Crippen LogP contribution in [0.5, 0.6) is 11.5 Å². The van der Waals surface area contributed by atoms with Crippen LogP contribution in [-0.2, 0) is 24.6 Å². The Balaban J connectivity index is 1.32. The van der Waals surface area contributed by atoms with Gasteiger partial charge in [0, 0.05) is 37.7 Å². The normalized spacial score (nSPS) is 24.8. The molecule has 16 nitrogen and oxygen atoms in total. The second kappa shape index (κ2) is 13.8. The fourth-order valence-electron chi connectivity index (χ4n) is 9.77. The largest absolute Gasteiger partial charge is 0.508 e. The summed E-state index contributed by atoms with van der Waals surface area (Å²) in [4.78, 5) is 84.4. The smallest absolute Gasteiger partial charge is 0.301 e. The van der Waals surface area contributed by atoms with E-state index in [-0.39, 0.29) is 41.3 Å². The summed E-state index contributed by atoms with van der Waals surface area (Å²) in [6.45, 7) is 1.90. The van der Waals surface area contributed by atoms with Gasteiger partial charge in [-0.25, -0.2) is 4.90 Å². The molecule has 4 amide bonds. The van der Waals surface area contributed by atoms with E-state index in [4.69, 9.17) is 4.74 Å². The number of nitrogens with zero attached hydrogens (tertiary/aromatic N) is 5. The van der Waals surface area contributed by atoms with Crippen molar-refractivity contribution in [1.29, 1.82) is 0 Å². The Morgan fingerprint density at radius 2 is 1.52 bits per heavy atom. The zero-order valence-corrected chi connectivity index (χ0v) is 31.8. The van der Waals surface area contributed by atoms with E-state index < -0.39 is 79.9 Å². The maximum Gasteiger partial charge on any atom is 0.301 e. The SMILES string of the molecule is COc1cccc(O)c1C1C2=CCC3C(=O)N(c4cc([N+](=O)[O-])c(N(C)C)c([N+](=O)[O-])c4)C(=O)C3C2CC2C(=O)N(Nc3ccc(C)cc3)C(=O)C21c1ccccc1. The van der Waals surface area contributed by atoms with Crippen molar-refractivity contribution in [2.45, 2.75) is 31.1 Å². The van der Waals surface area contributed by atoms with Gasteiger partial charge in [-0.2, -0.15) is 5.01 Å². The van der Waals surface area contributed by atoms with Gasteiger partial charge >= 0.3 is 11.4 Å². The van der Waals surface area contributed by atoms with Gasteiger partial charge in [-0.05, 0) is 55.5 Å². The summed E-state index contributed by atoms with van der Waals surface area (Å²) in [6.07, 6.45) is 1.70. The molecule has 6 unspecified atom stereocenters. The summed E-state index contributed by atoms with van der Waals surface area (Å²) in [6, 6.07) is 22.5. The number of aryl methyl sites for hydroxylation is 1. The predicted molar refractivity (Wildman–Crippen MR) is 210 cm³/mol. The van der Waals surface area contributed by atoms with Crippen LogP contribution in [0.25, 0.3) is 0 Å². The first-order chi connectivity index (χ1) is 27.7. The number of ether oxygens (including phenoxy) is 1. The van der Waals surface area contributed by atoms with Crippen LogP contribution in [0, 0.1) is 50.8 Å². The molecule has 4 aromatic rings. The van der Waals surface area contributed by atoms with Crippen LogP contribution < -0.4 is 20.0 Å². The molecule has 2 saturated heterocycles. The third-order valence-electron chi connectivity index (χ3n) is 12.1. The van der Waals surface area contributed by atoms with Gasteiger partial charge in [0.2, 0.25) is 11.8 Å². The Bertz CT molecular complexity index is 2430. The molecule has 6 atom stereocenters. The van der Waals surface area contributed by atoms with Crippen LogP contribution in [0.3, 0.4) is 0 Å². The number of methoxy groups -OCH3 is 1. The predicted octanol–water partition coefficient (Wildman–Crippen LogP) is 5.78. The molecular weight excluding hydrogens is 748 g/mol. The second-order valence-electron chi connectivity index (χ2n) is 15.2. The molecule has 2 N–H and O–H groups in total. The average molecular weight is 787 g/mol. The van der Waals surface area contributed by atoms with Crippen LogP contribution in [0.1, 0.15) is 35.4 Å². The minimum absolute atomic E-state index is 0.00699. The number of allylic oxidation sites excluding steroid dienone is 2. The van der Waals surface area contributed by atoms with Crippen molar-refractivity contribution < 1.29 is 38.9 Å². The van der Waals surface area contributed by atoms with Gasteiger partial charge in [0.25, 0.3) is 11.8 Å². The maximum absolute atomic E-state index is 15.4. The third-order valence-corrected chi connectivity index (χ3v) is 12.1. The van der Waals surface area contributed by atoms with Gasteiger partial charge in [-0.3, -0.25) is 44.8 Å². The number of benzene rings is 4. The van der Waals surface area contributed by atoms with Crippen molar-refractivity contribution in [3.63, 3.8) is 0 Å². The van der Waals surface area contributed by atoms with Gasteiger partial charge in [0.1, 0.15) is 11.5 Å². The van der Waals surface area contributed by atoms with Crippen LogP contribution in [0.2, 0.25) is 0 Å². The number of aromatic hydroxyl groups is 1. The molecule has 8 rings (SSSR count). The van der Waals surface area contributed by atoms with Crippen molar-refractivity contribution in [3.8, 4) is 11.5 Å². The lowest BCUT2D eigenvalue weighted by molar-refractivity contribution is -0.392. The number of amides is 4. The fraction of sp³-hybridized carbons (Fsp3) is 0.286. The Hall–Kier alpha value is -7.10. The number of carbonyl (C=O) groups is 4. The van der Waals surface area contributed by atoms with E-state index >= 15 is 4.79 Å². The number of hydrogen-bond donors (Lipinski definition) is 2. The molecule has 2 aliphatic heterocycles. The number of anilines is 3. The number of nitro groups is 2. The second-order valence-corrected chi connectivity index (χ2v) is 15.2. The zero-order chi connectivity index (χ0) is 41.4. The molecule has 0 spiro atoms. The Kier molecular flexibility index (Phi) is 9.01. The topological polar surface area (TPSA) is 206 Å². The number of nitro benzene ring substituents is 2. The van der Waals surface area contributed by atoms with E-state index in [1.807, 2.05) is 19.1 Å². The van der Waals surface area contributed by atoms with E-state index in [1.54, 1.807) is 60.7 Å². The molecule has 0 aromatic heterocycles. The van der Waals surface area contributed by atoms with E-state index in [0.717, 1.165) is 27.6 Å². The number of imide groups is 2. The minimum Gasteiger partial charge on any atom is -0.508 e. The molecule has 16 heteroatoms. The summed E-state index contributed by atoms with van der Waals surface area (Å²) in [7, 11) is 4.23. The van der Waals surface area contributed by atoms with Crippen LogP contribution in [0.4, 0.5) is 28.4 Å². The molecule has 296 valence electrons. The first kappa shape index (κ1) is 37.8. The molecule has 2 heterocycles. The van der Waals surface area contributed by atoms with Gasteiger partial charge in [-0.1, -0.05) is 65.7 Å². The minimum atomic E-state index is -1.69. The molecule has 58 heavy (non-hydrogen) atoms. The van der Waals surface area contributed by atoms with Crippen molar-refractivity contribution in [1.82, 2.24) is 5.01 Å². The lowest BCUT2D eigenvalue weighted by Gasteiger charge is -2.50. The van der Waals surface area contributed by atoms with Crippen molar-refractivity contribution in [3.05, 3.63) is 133 Å². The lowest BCUT2D eigenvalue weighted by Crippen LogP contribution is -2.53. The van der Waals surface area contributed by atoms with Gasteiger partial charge < -0.3 is 14.7 Å². The first-order valence-corrected chi connectivity index (χ1v) is 18.6. The highest BCUT2D eigenvalue weighted by Crippen LogP contribution is 2.66. The number of hydrogen-bond acceptors (Lipinski definition) is 12. The zero-order valence-electron chi connectivity index (χ0n) is 31.8.